The molecule has 2 amide bonds. The molecule has 2 heterocycles. The number of piperazine rings is 1. The van der Waals surface area contributed by atoms with Crippen molar-refractivity contribution in [1.82, 2.24) is 19.6 Å². The lowest BCUT2D eigenvalue weighted by molar-refractivity contribution is -0.117. The Bertz CT molecular complexity index is 1040. The third-order valence-electron chi connectivity index (χ3n) is 5.77. The Kier molecular flexibility index (Phi) is 6.97. The molecule has 1 aliphatic heterocycles. The number of nitrogens with one attached hydrogen (secondary N) is 1. The number of aromatic nitrogens is 2. The summed E-state index contributed by atoms with van der Waals surface area (Å²) in [6, 6.07) is 19.6. The minimum atomic E-state index is -0.0357. The number of amides is 2. The quantitative estimate of drug-likeness (QED) is 0.625. The molecule has 0 unspecified atom stereocenters. The van der Waals surface area contributed by atoms with Crippen molar-refractivity contribution >= 4 is 17.5 Å². The third kappa shape index (κ3) is 5.23. The van der Waals surface area contributed by atoms with Gasteiger partial charge in [0.15, 0.2) is 0 Å². The van der Waals surface area contributed by atoms with E-state index in [0.29, 0.717) is 44.8 Å². The summed E-state index contributed by atoms with van der Waals surface area (Å²) in [5.41, 5.74) is 3.60. The molecule has 1 saturated heterocycles. The average molecular weight is 432 g/mol. The molecule has 1 aliphatic rings. The SMILES string of the molecule is CCc1c(C(=O)N2CCN(CC(=O)Nc3ccccc3)CC2)cnn1Cc1ccccc1. The number of rotatable bonds is 7. The third-order valence-corrected chi connectivity index (χ3v) is 5.77. The van der Waals surface area contributed by atoms with Gasteiger partial charge in [0.25, 0.3) is 5.91 Å². The number of carbonyl (C=O) groups excluding carboxylic acids is 2. The summed E-state index contributed by atoms with van der Waals surface area (Å²) in [6.07, 6.45) is 2.44. The number of hydrogen-bond acceptors (Lipinski definition) is 4. The first-order valence-corrected chi connectivity index (χ1v) is 11.1. The topological polar surface area (TPSA) is 70.5 Å². The van der Waals surface area contributed by atoms with Crippen LogP contribution in [0.15, 0.2) is 66.9 Å². The Morgan fingerprint density at radius 2 is 1.59 bits per heavy atom. The first-order chi connectivity index (χ1) is 15.6. The van der Waals surface area contributed by atoms with Crippen LogP contribution in [0.2, 0.25) is 0 Å². The number of nitrogens with zero attached hydrogens (tertiary/aromatic N) is 4. The molecule has 0 bridgehead atoms. The highest BCUT2D eigenvalue weighted by molar-refractivity contribution is 5.95. The number of anilines is 1. The van der Waals surface area contributed by atoms with Crippen molar-refractivity contribution in [2.45, 2.75) is 19.9 Å². The predicted molar refractivity (Wildman–Crippen MR) is 125 cm³/mol. The van der Waals surface area contributed by atoms with Crippen LogP contribution in [0.4, 0.5) is 5.69 Å². The van der Waals surface area contributed by atoms with E-state index in [1.165, 1.54) is 0 Å². The van der Waals surface area contributed by atoms with Crippen LogP contribution in [-0.4, -0.2) is 64.1 Å². The van der Waals surface area contributed by atoms with Gasteiger partial charge in [-0.1, -0.05) is 55.5 Å². The van der Waals surface area contributed by atoms with Crippen molar-refractivity contribution in [3.05, 3.63) is 83.7 Å². The maximum atomic E-state index is 13.2. The van der Waals surface area contributed by atoms with Crippen LogP contribution in [0, 0.1) is 0 Å². The maximum Gasteiger partial charge on any atom is 0.257 e. The second-order valence-corrected chi connectivity index (χ2v) is 7.98. The monoisotopic (exact) mass is 431 g/mol. The summed E-state index contributed by atoms with van der Waals surface area (Å²) in [6.45, 7) is 5.59. The maximum absolute atomic E-state index is 13.2. The van der Waals surface area contributed by atoms with Gasteiger partial charge in [-0.2, -0.15) is 5.10 Å². The zero-order valence-corrected chi connectivity index (χ0v) is 18.4. The van der Waals surface area contributed by atoms with Crippen LogP contribution < -0.4 is 5.32 Å². The lowest BCUT2D eigenvalue weighted by atomic mass is 10.1. The molecular weight excluding hydrogens is 402 g/mol. The number of carbonyl (C=O) groups is 2. The Balaban J connectivity index is 1.33. The predicted octanol–water partition coefficient (Wildman–Crippen LogP) is 2.89. The van der Waals surface area contributed by atoms with Crippen LogP contribution >= 0.6 is 0 Å². The number of hydrogen-bond donors (Lipinski definition) is 1. The van der Waals surface area contributed by atoms with E-state index in [-0.39, 0.29) is 11.8 Å². The van der Waals surface area contributed by atoms with Crippen LogP contribution in [0.3, 0.4) is 0 Å². The van der Waals surface area contributed by atoms with Gasteiger partial charge < -0.3 is 10.2 Å². The Labute approximate surface area is 188 Å². The van der Waals surface area contributed by atoms with Gasteiger partial charge in [0, 0.05) is 31.9 Å². The van der Waals surface area contributed by atoms with E-state index >= 15 is 0 Å². The second kappa shape index (κ2) is 10.2. The second-order valence-electron chi connectivity index (χ2n) is 7.98. The Morgan fingerprint density at radius 3 is 2.25 bits per heavy atom. The van der Waals surface area contributed by atoms with E-state index in [1.807, 2.05) is 58.1 Å². The molecular formula is C25H29N5O2. The fourth-order valence-electron chi connectivity index (χ4n) is 4.06. The summed E-state index contributed by atoms with van der Waals surface area (Å²) in [5.74, 6) is -0.0130. The highest BCUT2D eigenvalue weighted by Crippen LogP contribution is 2.16. The lowest BCUT2D eigenvalue weighted by Crippen LogP contribution is -2.50. The summed E-state index contributed by atoms with van der Waals surface area (Å²) < 4.78 is 1.92. The first-order valence-electron chi connectivity index (χ1n) is 11.1. The van der Waals surface area contributed by atoms with E-state index in [2.05, 4.69) is 34.4 Å². The summed E-state index contributed by atoms with van der Waals surface area (Å²) >= 11 is 0. The van der Waals surface area contributed by atoms with Crippen LogP contribution in [-0.2, 0) is 17.8 Å². The van der Waals surface area contributed by atoms with Gasteiger partial charge in [0.1, 0.15) is 0 Å². The van der Waals surface area contributed by atoms with E-state index in [9.17, 15) is 9.59 Å². The van der Waals surface area contributed by atoms with Crippen molar-refractivity contribution in [2.75, 3.05) is 38.0 Å². The van der Waals surface area contributed by atoms with E-state index in [4.69, 9.17) is 0 Å². The molecule has 2 aromatic carbocycles. The van der Waals surface area contributed by atoms with Crippen LogP contribution in [0.25, 0.3) is 0 Å². The molecule has 3 aromatic rings. The highest BCUT2D eigenvalue weighted by atomic mass is 16.2. The largest absolute Gasteiger partial charge is 0.336 e. The molecule has 0 atom stereocenters. The fourth-order valence-corrected chi connectivity index (χ4v) is 4.06. The minimum Gasteiger partial charge on any atom is -0.336 e. The molecule has 166 valence electrons. The molecule has 1 fully saturated rings. The molecule has 4 rings (SSSR count). The van der Waals surface area contributed by atoms with Crippen molar-refractivity contribution in [2.24, 2.45) is 0 Å². The van der Waals surface area contributed by atoms with E-state index < -0.39 is 0 Å². The van der Waals surface area contributed by atoms with Gasteiger partial charge in [-0.15, -0.1) is 0 Å². The molecule has 7 nitrogen and oxygen atoms in total. The minimum absolute atomic E-state index is 0.0227. The van der Waals surface area contributed by atoms with Crippen LogP contribution in [0.1, 0.15) is 28.5 Å². The first kappa shape index (κ1) is 21.8. The van der Waals surface area contributed by atoms with Gasteiger partial charge >= 0.3 is 0 Å². The lowest BCUT2D eigenvalue weighted by Gasteiger charge is -2.34. The molecule has 1 N–H and O–H groups in total. The number of benzene rings is 2. The summed E-state index contributed by atoms with van der Waals surface area (Å²) in [5, 5.41) is 7.41. The summed E-state index contributed by atoms with van der Waals surface area (Å²) in [7, 11) is 0. The smallest absolute Gasteiger partial charge is 0.257 e. The van der Waals surface area contributed by atoms with Gasteiger partial charge in [-0.05, 0) is 24.1 Å². The fraction of sp³-hybridized carbons (Fsp3) is 0.320. The Morgan fingerprint density at radius 1 is 0.938 bits per heavy atom. The molecule has 0 radical (unpaired) electrons. The van der Waals surface area contributed by atoms with Crippen LogP contribution in [0.5, 0.6) is 0 Å². The molecule has 0 spiro atoms. The van der Waals surface area contributed by atoms with Gasteiger partial charge in [0.2, 0.25) is 5.91 Å². The van der Waals surface area contributed by atoms with E-state index in [0.717, 1.165) is 23.4 Å². The van der Waals surface area contributed by atoms with Crippen molar-refractivity contribution < 1.29 is 9.59 Å². The Hall–Kier alpha value is -3.45. The molecule has 0 saturated carbocycles. The highest BCUT2D eigenvalue weighted by Gasteiger charge is 2.26. The van der Waals surface area contributed by atoms with Gasteiger partial charge in [-0.3, -0.25) is 19.2 Å². The zero-order valence-electron chi connectivity index (χ0n) is 18.4. The molecule has 32 heavy (non-hydrogen) atoms. The van der Waals surface area contributed by atoms with Crippen molar-refractivity contribution in [1.29, 1.82) is 0 Å². The molecule has 1 aromatic heterocycles. The normalized spacial score (nSPS) is 14.3. The van der Waals surface area contributed by atoms with Crippen molar-refractivity contribution in [3.8, 4) is 0 Å². The zero-order chi connectivity index (χ0) is 22.3. The molecule has 7 heteroatoms. The molecule has 0 aliphatic carbocycles. The average Bonchev–Trinajstić information content (AvgIpc) is 3.22. The standard InChI is InChI=1S/C25H29N5O2/c1-2-23-22(17-26-30(23)18-20-9-5-3-6-10-20)25(32)29-15-13-28(14-16-29)19-24(31)27-21-11-7-4-8-12-21/h3-12,17H,2,13-16,18-19H2,1H3,(H,27,31). The van der Waals surface area contributed by atoms with Crippen molar-refractivity contribution in [3.63, 3.8) is 0 Å². The van der Waals surface area contributed by atoms with Gasteiger partial charge in [0.05, 0.1) is 30.5 Å². The van der Waals surface area contributed by atoms with Gasteiger partial charge in [-0.25, -0.2) is 0 Å². The van der Waals surface area contributed by atoms with E-state index in [1.54, 1.807) is 6.20 Å². The summed E-state index contributed by atoms with van der Waals surface area (Å²) in [4.78, 5) is 29.5. The number of para-hydroxylation sites is 1.